The number of nitrogens with one attached hydrogen (secondary N) is 1. The number of Topliss-reactive ketones (excluding diaryl/α,β-unsaturated/α-hetero) is 1. The number of rotatable bonds is 9. The first-order valence-electron chi connectivity index (χ1n) is 9.85. The highest BCUT2D eigenvalue weighted by Crippen LogP contribution is 2.25. The van der Waals surface area contributed by atoms with Gasteiger partial charge in [0.1, 0.15) is 11.5 Å². The molecule has 172 valence electrons. The van der Waals surface area contributed by atoms with Gasteiger partial charge in [0, 0.05) is 11.8 Å². The molecule has 0 aliphatic rings. The molecule has 0 aromatic heterocycles. The summed E-state index contributed by atoms with van der Waals surface area (Å²) in [5, 5.41) is 0. The summed E-state index contributed by atoms with van der Waals surface area (Å²) in [6, 6.07) is 16.8. The Morgan fingerprint density at radius 2 is 1.55 bits per heavy atom. The second kappa shape index (κ2) is 10.2. The van der Waals surface area contributed by atoms with E-state index in [4.69, 9.17) is 14.2 Å². The van der Waals surface area contributed by atoms with Crippen LogP contribution < -0.4 is 14.2 Å². The van der Waals surface area contributed by atoms with Crippen molar-refractivity contribution in [2.75, 3.05) is 25.5 Å². The Bertz CT molecular complexity index is 1250. The lowest BCUT2D eigenvalue weighted by molar-refractivity contribution is 0.0474. The number of sulfonamides is 1. The number of methoxy groups -OCH3 is 2. The average molecular weight is 470 g/mol. The monoisotopic (exact) mass is 469 g/mol. The zero-order valence-corrected chi connectivity index (χ0v) is 19.1. The topological polar surface area (TPSA) is 108 Å². The molecule has 0 spiro atoms. The third-order valence-electron chi connectivity index (χ3n) is 4.75. The molecular formula is C24H23NO7S. The van der Waals surface area contributed by atoms with Crippen LogP contribution in [-0.2, 0) is 14.8 Å². The lowest BCUT2D eigenvalue weighted by atomic mass is 10.1. The fourth-order valence-electron chi connectivity index (χ4n) is 2.93. The lowest BCUT2D eigenvalue weighted by Gasteiger charge is -2.11. The lowest BCUT2D eigenvalue weighted by Crippen LogP contribution is -2.16. The van der Waals surface area contributed by atoms with E-state index in [1.54, 1.807) is 36.4 Å². The van der Waals surface area contributed by atoms with E-state index in [0.29, 0.717) is 17.2 Å². The van der Waals surface area contributed by atoms with Gasteiger partial charge in [0.15, 0.2) is 6.61 Å². The average Bonchev–Trinajstić information content (AvgIpc) is 2.83. The number of benzene rings is 3. The summed E-state index contributed by atoms with van der Waals surface area (Å²) in [5.74, 6) is -0.394. The predicted molar refractivity (Wildman–Crippen MR) is 123 cm³/mol. The molecule has 0 bridgehead atoms. The molecule has 0 aliphatic heterocycles. The molecule has 9 heteroatoms. The summed E-state index contributed by atoms with van der Waals surface area (Å²) >= 11 is 0. The first-order valence-corrected chi connectivity index (χ1v) is 11.3. The van der Waals surface area contributed by atoms with E-state index < -0.39 is 28.4 Å². The van der Waals surface area contributed by atoms with Crippen molar-refractivity contribution < 1.29 is 32.2 Å². The Morgan fingerprint density at radius 3 is 2.15 bits per heavy atom. The standard InChI is InChI=1S/C24H23NO7S/c1-16-4-8-18(9-5-16)25-33(28,29)20-11-6-17(7-12-20)24(27)32-15-22(26)21-13-10-19(30-2)14-23(21)31-3/h4-14,25H,15H2,1-3H3. The van der Waals surface area contributed by atoms with Gasteiger partial charge in [0.25, 0.3) is 10.0 Å². The van der Waals surface area contributed by atoms with Crippen LogP contribution in [-0.4, -0.2) is 41.0 Å². The van der Waals surface area contributed by atoms with Crippen LogP contribution in [0.25, 0.3) is 0 Å². The molecule has 0 atom stereocenters. The quantitative estimate of drug-likeness (QED) is 0.375. The van der Waals surface area contributed by atoms with Crippen molar-refractivity contribution in [1.29, 1.82) is 0 Å². The summed E-state index contributed by atoms with van der Waals surface area (Å²) in [4.78, 5) is 24.8. The second-order valence-electron chi connectivity index (χ2n) is 7.06. The van der Waals surface area contributed by atoms with E-state index in [2.05, 4.69) is 4.72 Å². The Balaban J connectivity index is 1.64. The van der Waals surface area contributed by atoms with Gasteiger partial charge in [-0.3, -0.25) is 9.52 Å². The summed E-state index contributed by atoms with van der Waals surface area (Å²) in [6.45, 7) is 1.40. The highest BCUT2D eigenvalue weighted by atomic mass is 32.2. The fourth-order valence-corrected chi connectivity index (χ4v) is 3.99. The summed E-state index contributed by atoms with van der Waals surface area (Å²) in [7, 11) is -0.914. The minimum atomic E-state index is -3.82. The molecule has 0 radical (unpaired) electrons. The summed E-state index contributed by atoms with van der Waals surface area (Å²) < 4.78 is 43.0. The van der Waals surface area contributed by atoms with E-state index in [1.807, 2.05) is 6.92 Å². The van der Waals surface area contributed by atoms with Crippen LogP contribution in [0.15, 0.2) is 71.6 Å². The van der Waals surface area contributed by atoms with Crippen LogP contribution in [0, 0.1) is 6.92 Å². The van der Waals surface area contributed by atoms with Gasteiger partial charge >= 0.3 is 5.97 Å². The highest BCUT2D eigenvalue weighted by molar-refractivity contribution is 7.92. The Labute approximate surface area is 192 Å². The van der Waals surface area contributed by atoms with Gasteiger partial charge < -0.3 is 14.2 Å². The van der Waals surface area contributed by atoms with E-state index in [9.17, 15) is 18.0 Å². The molecule has 0 fully saturated rings. The Morgan fingerprint density at radius 1 is 0.879 bits per heavy atom. The third-order valence-corrected chi connectivity index (χ3v) is 6.14. The minimum Gasteiger partial charge on any atom is -0.497 e. The van der Waals surface area contributed by atoms with E-state index in [-0.39, 0.29) is 16.0 Å². The van der Waals surface area contributed by atoms with E-state index in [0.717, 1.165) is 5.56 Å². The van der Waals surface area contributed by atoms with Crippen LogP contribution in [0.5, 0.6) is 11.5 Å². The summed E-state index contributed by atoms with van der Waals surface area (Å²) in [5.41, 5.74) is 1.79. The van der Waals surface area contributed by atoms with E-state index >= 15 is 0 Å². The maximum atomic E-state index is 12.6. The molecule has 33 heavy (non-hydrogen) atoms. The van der Waals surface area contributed by atoms with Gasteiger partial charge in [-0.15, -0.1) is 0 Å². The zero-order chi connectivity index (χ0) is 24.0. The number of carbonyl (C=O) groups excluding carboxylic acids is 2. The number of anilines is 1. The molecule has 8 nitrogen and oxygen atoms in total. The molecular weight excluding hydrogens is 446 g/mol. The molecule has 3 rings (SSSR count). The molecule has 1 N–H and O–H groups in total. The fraction of sp³-hybridized carbons (Fsp3) is 0.167. The number of esters is 1. The van der Waals surface area contributed by atoms with Crippen molar-refractivity contribution in [2.24, 2.45) is 0 Å². The number of hydrogen-bond donors (Lipinski definition) is 1. The second-order valence-corrected chi connectivity index (χ2v) is 8.74. The minimum absolute atomic E-state index is 0.0151. The number of hydrogen-bond acceptors (Lipinski definition) is 7. The molecule has 3 aromatic rings. The number of ketones is 1. The van der Waals surface area contributed by atoms with E-state index in [1.165, 1.54) is 44.6 Å². The predicted octanol–water partition coefficient (Wildman–Crippen LogP) is 3.85. The largest absolute Gasteiger partial charge is 0.497 e. The van der Waals surface area contributed by atoms with Gasteiger partial charge in [0.05, 0.1) is 30.2 Å². The molecule has 0 heterocycles. The number of carbonyl (C=O) groups is 2. The van der Waals surface area contributed by atoms with Crippen molar-refractivity contribution in [3.05, 3.63) is 83.4 Å². The Hall–Kier alpha value is -3.85. The van der Waals surface area contributed by atoms with Gasteiger partial charge in [-0.25, -0.2) is 13.2 Å². The highest BCUT2D eigenvalue weighted by Gasteiger charge is 2.18. The van der Waals surface area contributed by atoms with Crippen molar-refractivity contribution in [3.63, 3.8) is 0 Å². The van der Waals surface area contributed by atoms with Crippen molar-refractivity contribution in [2.45, 2.75) is 11.8 Å². The molecule has 0 saturated carbocycles. The van der Waals surface area contributed by atoms with Crippen LogP contribution in [0.4, 0.5) is 5.69 Å². The van der Waals surface area contributed by atoms with Gasteiger partial charge in [-0.2, -0.15) is 0 Å². The molecule has 0 aliphatic carbocycles. The molecule has 0 saturated heterocycles. The molecule has 0 unspecified atom stereocenters. The first kappa shape index (κ1) is 23.8. The number of ether oxygens (including phenoxy) is 3. The van der Waals surface area contributed by atoms with Crippen LogP contribution in [0.2, 0.25) is 0 Å². The van der Waals surface area contributed by atoms with Crippen LogP contribution in [0.3, 0.4) is 0 Å². The third kappa shape index (κ3) is 5.89. The maximum Gasteiger partial charge on any atom is 0.338 e. The van der Waals surface area contributed by atoms with Crippen molar-refractivity contribution >= 4 is 27.5 Å². The Kier molecular flexibility index (Phi) is 7.34. The zero-order valence-electron chi connectivity index (χ0n) is 18.3. The smallest absolute Gasteiger partial charge is 0.338 e. The van der Waals surface area contributed by atoms with Crippen molar-refractivity contribution in [1.82, 2.24) is 0 Å². The van der Waals surface area contributed by atoms with Gasteiger partial charge in [-0.05, 0) is 55.5 Å². The molecule has 3 aromatic carbocycles. The SMILES string of the molecule is COc1ccc(C(=O)COC(=O)c2ccc(S(=O)(=O)Nc3ccc(C)cc3)cc2)c(OC)c1. The summed E-state index contributed by atoms with van der Waals surface area (Å²) in [6.07, 6.45) is 0. The van der Waals surface area contributed by atoms with Gasteiger partial charge in [0.2, 0.25) is 5.78 Å². The maximum absolute atomic E-state index is 12.6. The van der Waals surface area contributed by atoms with Gasteiger partial charge in [-0.1, -0.05) is 17.7 Å². The number of aryl methyl sites for hydroxylation is 1. The normalized spacial score (nSPS) is 10.9. The molecule has 0 amide bonds. The van der Waals surface area contributed by atoms with Crippen LogP contribution >= 0.6 is 0 Å². The van der Waals surface area contributed by atoms with Crippen LogP contribution in [0.1, 0.15) is 26.3 Å². The van der Waals surface area contributed by atoms with Crippen molar-refractivity contribution in [3.8, 4) is 11.5 Å². The first-order chi connectivity index (χ1) is 15.7.